The Morgan fingerprint density at radius 1 is 1.50 bits per heavy atom. The van der Waals surface area contributed by atoms with E-state index in [-0.39, 0.29) is 6.42 Å². The van der Waals surface area contributed by atoms with Gasteiger partial charge in [0.25, 0.3) is 0 Å². The van der Waals surface area contributed by atoms with Gasteiger partial charge in [-0.2, -0.15) is 11.8 Å². The van der Waals surface area contributed by atoms with Gasteiger partial charge in [-0.25, -0.2) is 0 Å². The van der Waals surface area contributed by atoms with Crippen LogP contribution in [0.2, 0.25) is 0 Å². The molecule has 0 radical (unpaired) electrons. The highest BCUT2D eigenvalue weighted by Gasteiger charge is 2.19. The Kier molecular flexibility index (Phi) is 2.77. The molecule has 1 aliphatic rings. The maximum absolute atomic E-state index is 10.5. The van der Waals surface area contributed by atoms with E-state index in [1.807, 2.05) is 11.8 Å². The van der Waals surface area contributed by atoms with E-state index >= 15 is 0 Å². The number of carboxylic acids is 1. The van der Waals surface area contributed by atoms with Gasteiger partial charge in [0.2, 0.25) is 0 Å². The fourth-order valence-electron chi connectivity index (χ4n) is 1.58. The van der Waals surface area contributed by atoms with Crippen LogP contribution in [-0.2, 0) is 24.1 Å². The van der Waals surface area contributed by atoms with E-state index in [1.54, 1.807) is 0 Å². The molecule has 1 N–H and O–H groups in total. The van der Waals surface area contributed by atoms with Crippen LogP contribution >= 0.6 is 11.8 Å². The fraction of sp³-hybridized carbons (Fsp3) is 0.556. The molecule has 5 heteroatoms. The molecule has 2 heterocycles. The van der Waals surface area contributed by atoms with Gasteiger partial charge in [-0.1, -0.05) is 5.16 Å². The van der Waals surface area contributed by atoms with E-state index in [0.29, 0.717) is 5.76 Å². The van der Waals surface area contributed by atoms with Crippen molar-refractivity contribution in [3.8, 4) is 0 Å². The minimum absolute atomic E-state index is 0.0486. The highest BCUT2D eigenvalue weighted by atomic mass is 32.2. The molecular formula is C9H11NO3S. The van der Waals surface area contributed by atoms with Crippen LogP contribution in [0.1, 0.15) is 17.0 Å². The van der Waals surface area contributed by atoms with E-state index in [9.17, 15) is 4.79 Å². The van der Waals surface area contributed by atoms with Crippen molar-refractivity contribution in [2.45, 2.75) is 19.3 Å². The summed E-state index contributed by atoms with van der Waals surface area (Å²) in [7, 11) is 0. The number of nitrogens with zero attached hydrogens (tertiary/aromatic N) is 1. The first-order valence-corrected chi connectivity index (χ1v) is 5.68. The summed E-state index contributed by atoms with van der Waals surface area (Å²) in [5.41, 5.74) is 1.98. The SMILES string of the molecule is O=C(O)Cc1onc2c1CCSCC2. The zero-order valence-corrected chi connectivity index (χ0v) is 8.47. The van der Waals surface area contributed by atoms with E-state index < -0.39 is 5.97 Å². The maximum atomic E-state index is 10.5. The summed E-state index contributed by atoms with van der Waals surface area (Å²) in [5.74, 6) is 1.75. The Balaban J connectivity index is 2.24. The standard InChI is InChI=1S/C9H11NO3S/c11-9(12)5-8-6-1-3-14-4-2-7(6)10-13-8/h1-5H2,(H,11,12). The first-order chi connectivity index (χ1) is 6.77. The van der Waals surface area contributed by atoms with Crippen molar-refractivity contribution in [1.82, 2.24) is 5.16 Å². The molecule has 0 atom stereocenters. The molecule has 1 aliphatic heterocycles. The molecule has 0 saturated heterocycles. The van der Waals surface area contributed by atoms with Gasteiger partial charge in [0.1, 0.15) is 6.42 Å². The summed E-state index contributed by atoms with van der Waals surface area (Å²) in [6, 6.07) is 0. The smallest absolute Gasteiger partial charge is 0.311 e. The molecule has 0 spiro atoms. The predicted molar refractivity (Wildman–Crippen MR) is 52.6 cm³/mol. The van der Waals surface area contributed by atoms with Crippen LogP contribution in [0.3, 0.4) is 0 Å². The molecule has 0 fully saturated rings. The van der Waals surface area contributed by atoms with Gasteiger partial charge in [0.15, 0.2) is 5.76 Å². The van der Waals surface area contributed by atoms with E-state index in [1.165, 1.54) is 0 Å². The molecule has 0 unspecified atom stereocenters. The zero-order valence-electron chi connectivity index (χ0n) is 7.65. The lowest BCUT2D eigenvalue weighted by molar-refractivity contribution is -0.136. The molecule has 0 bridgehead atoms. The van der Waals surface area contributed by atoms with Crippen molar-refractivity contribution in [3.63, 3.8) is 0 Å². The number of aliphatic carboxylic acids is 1. The quantitative estimate of drug-likeness (QED) is 0.798. The van der Waals surface area contributed by atoms with Gasteiger partial charge in [-0.3, -0.25) is 4.79 Å². The first kappa shape index (κ1) is 9.58. The normalized spacial score (nSPS) is 16.0. The number of rotatable bonds is 2. The fourth-order valence-corrected chi connectivity index (χ4v) is 2.47. The second-order valence-electron chi connectivity index (χ2n) is 3.21. The minimum Gasteiger partial charge on any atom is -0.481 e. The zero-order chi connectivity index (χ0) is 9.97. The molecular weight excluding hydrogens is 202 g/mol. The molecule has 76 valence electrons. The molecule has 4 nitrogen and oxygen atoms in total. The highest BCUT2D eigenvalue weighted by Crippen LogP contribution is 2.22. The second-order valence-corrected chi connectivity index (χ2v) is 4.44. The van der Waals surface area contributed by atoms with Gasteiger partial charge in [0.05, 0.1) is 5.69 Å². The average molecular weight is 213 g/mol. The van der Waals surface area contributed by atoms with Crippen LogP contribution in [0.4, 0.5) is 0 Å². The molecule has 0 aromatic carbocycles. The van der Waals surface area contributed by atoms with E-state index in [4.69, 9.17) is 9.63 Å². The van der Waals surface area contributed by atoms with Crippen molar-refractivity contribution in [1.29, 1.82) is 0 Å². The van der Waals surface area contributed by atoms with Crippen molar-refractivity contribution in [2.75, 3.05) is 11.5 Å². The molecule has 14 heavy (non-hydrogen) atoms. The van der Waals surface area contributed by atoms with Gasteiger partial charge >= 0.3 is 5.97 Å². The number of hydrogen-bond donors (Lipinski definition) is 1. The highest BCUT2D eigenvalue weighted by molar-refractivity contribution is 7.99. The molecule has 2 rings (SSSR count). The van der Waals surface area contributed by atoms with Gasteiger partial charge < -0.3 is 9.63 Å². The number of aryl methyl sites for hydroxylation is 1. The summed E-state index contributed by atoms with van der Waals surface area (Å²) in [5, 5.41) is 12.6. The number of aromatic nitrogens is 1. The lowest BCUT2D eigenvalue weighted by atomic mass is 10.1. The second kappa shape index (κ2) is 4.04. The Hall–Kier alpha value is -0.970. The van der Waals surface area contributed by atoms with Gasteiger partial charge in [-0.05, 0) is 17.9 Å². The van der Waals surface area contributed by atoms with Crippen LogP contribution in [0, 0.1) is 0 Å². The monoisotopic (exact) mass is 213 g/mol. The van der Waals surface area contributed by atoms with E-state index in [0.717, 1.165) is 35.6 Å². The van der Waals surface area contributed by atoms with Crippen LogP contribution in [0.15, 0.2) is 4.52 Å². The molecule has 0 saturated carbocycles. The third-order valence-corrected chi connectivity index (χ3v) is 3.23. The van der Waals surface area contributed by atoms with E-state index in [2.05, 4.69) is 5.16 Å². The summed E-state index contributed by atoms with van der Waals surface area (Å²) >= 11 is 1.88. The Labute approximate surface area is 85.7 Å². The third kappa shape index (κ3) is 1.92. The number of carbonyl (C=O) groups is 1. The summed E-state index contributed by atoms with van der Waals surface area (Å²) < 4.78 is 5.04. The summed E-state index contributed by atoms with van der Waals surface area (Å²) in [6.07, 6.45) is 1.72. The van der Waals surface area contributed by atoms with Crippen molar-refractivity contribution < 1.29 is 14.4 Å². The lowest BCUT2D eigenvalue weighted by Gasteiger charge is -1.96. The Bertz CT molecular complexity index is 348. The largest absolute Gasteiger partial charge is 0.481 e. The number of carboxylic acid groups (broad SMARTS) is 1. The number of thioether (sulfide) groups is 1. The van der Waals surface area contributed by atoms with Gasteiger partial charge in [-0.15, -0.1) is 0 Å². The molecule has 1 aromatic rings. The first-order valence-electron chi connectivity index (χ1n) is 4.53. The predicted octanol–water partition coefficient (Wildman–Crippen LogP) is 1.13. The van der Waals surface area contributed by atoms with Crippen LogP contribution in [0.5, 0.6) is 0 Å². The maximum Gasteiger partial charge on any atom is 0.311 e. The minimum atomic E-state index is -0.860. The van der Waals surface area contributed by atoms with Crippen molar-refractivity contribution in [3.05, 3.63) is 17.0 Å². The Morgan fingerprint density at radius 3 is 3.07 bits per heavy atom. The molecule has 0 amide bonds. The average Bonchev–Trinajstić information content (AvgIpc) is 2.37. The van der Waals surface area contributed by atoms with Gasteiger partial charge in [0, 0.05) is 12.0 Å². The van der Waals surface area contributed by atoms with Crippen molar-refractivity contribution in [2.24, 2.45) is 0 Å². The number of fused-ring (bicyclic) bond motifs is 1. The van der Waals surface area contributed by atoms with Crippen molar-refractivity contribution >= 4 is 17.7 Å². The van der Waals surface area contributed by atoms with Crippen LogP contribution < -0.4 is 0 Å². The third-order valence-electron chi connectivity index (χ3n) is 2.24. The number of hydrogen-bond acceptors (Lipinski definition) is 4. The molecule has 1 aromatic heterocycles. The van der Waals surface area contributed by atoms with Crippen LogP contribution in [-0.4, -0.2) is 27.7 Å². The van der Waals surface area contributed by atoms with Crippen LogP contribution in [0.25, 0.3) is 0 Å². The summed E-state index contributed by atoms with van der Waals surface area (Å²) in [4.78, 5) is 10.5. The topological polar surface area (TPSA) is 63.3 Å². The Morgan fingerprint density at radius 2 is 2.29 bits per heavy atom. The lowest BCUT2D eigenvalue weighted by Crippen LogP contribution is -2.02. The molecule has 0 aliphatic carbocycles. The summed E-state index contributed by atoms with van der Waals surface area (Å²) in [6.45, 7) is 0.